The van der Waals surface area contributed by atoms with E-state index >= 15 is 0 Å². The molecule has 8 heteroatoms. The Morgan fingerprint density at radius 1 is 1.29 bits per heavy atom. The van der Waals surface area contributed by atoms with E-state index < -0.39 is 0 Å². The van der Waals surface area contributed by atoms with E-state index in [1.165, 1.54) is 0 Å². The smallest absolute Gasteiger partial charge is 0.191 e. The average molecular weight is 507 g/mol. The molecule has 0 unspecified atom stereocenters. The van der Waals surface area contributed by atoms with Gasteiger partial charge >= 0.3 is 0 Å². The Kier molecular flexibility index (Phi) is 12.7. The van der Waals surface area contributed by atoms with Gasteiger partial charge in [0.05, 0.1) is 11.8 Å². The van der Waals surface area contributed by atoms with Gasteiger partial charge in [0.2, 0.25) is 0 Å². The number of halogens is 1. The van der Waals surface area contributed by atoms with E-state index in [1.54, 1.807) is 0 Å². The van der Waals surface area contributed by atoms with Crippen molar-refractivity contribution in [2.24, 2.45) is 4.99 Å². The van der Waals surface area contributed by atoms with E-state index in [-0.39, 0.29) is 30.1 Å². The number of nitrogens with one attached hydrogen (secondary N) is 2. The van der Waals surface area contributed by atoms with Crippen LogP contribution in [0.3, 0.4) is 0 Å². The predicted molar refractivity (Wildman–Crippen MR) is 124 cm³/mol. The van der Waals surface area contributed by atoms with Crippen LogP contribution < -0.4 is 10.6 Å². The van der Waals surface area contributed by atoms with Crippen LogP contribution in [0.2, 0.25) is 0 Å². The van der Waals surface area contributed by atoms with Crippen molar-refractivity contribution in [1.82, 2.24) is 20.7 Å². The summed E-state index contributed by atoms with van der Waals surface area (Å²) in [5.74, 6) is 2.08. The fraction of sp³-hybridized carbons (Fsp3) is 0.800. The highest BCUT2D eigenvalue weighted by atomic mass is 127. The predicted octanol–water partition coefficient (Wildman–Crippen LogP) is 3.10. The Bertz CT molecular complexity index is 555. The molecule has 0 saturated carbocycles. The van der Waals surface area contributed by atoms with Crippen molar-refractivity contribution in [2.45, 2.75) is 71.4 Å². The van der Waals surface area contributed by atoms with E-state index in [0.29, 0.717) is 12.5 Å². The molecular weight excluding hydrogens is 469 g/mol. The molecule has 162 valence electrons. The summed E-state index contributed by atoms with van der Waals surface area (Å²) >= 11 is 0. The minimum absolute atomic E-state index is 0. The molecule has 1 aromatic rings. The largest absolute Gasteiger partial charge is 0.393 e. The molecular formula is C20H38IN5O2. The molecule has 2 rings (SSSR count). The second-order valence-corrected chi connectivity index (χ2v) is 7.28. The molecule has 1 aromatic heterocycles. The Labute approximate surface area is 186 Å². The number of aliphatic imine (C=N–C) groups is 1. The summed E-state index contributed by atoms with van der Waals surface area (Å²) < 4.78 is 5.45. The molecule has 0 radical (unpaired) electrons. The molecule has 0 spiro atoms. The molecule has 1 fully saturated rings. The van der Waals surface area contributed by atoms with Crippen molar-refractivity contribution >= 4 is 29.9 Å². The maximum absolute atomic E-state index is 9.57. The summed E-state index contributed by atoms with van der Waals surface area (Å²) in [6.45, 7) is 11.7. The Morgan fingerprint density at radius 3 is 2.64 bits per heavy atom. The third-order valence-corrected chi connectivity index (χ3v) is 5.22. The van der Waals surface area contributed by atoms with Crippen LogP contribution in [0.1, 0.15) is 70.2 Å². The van der Waals surface area contributed by atoms with E-state index in [4.69, 9.17) is 4.52 Å². The van der Waals surface area contributed by atoms with Gasteiger partial charge in [0.1, 0.15) is 6.54 Å². The lowest BCUT2D eigenvalue weighted by Gasteiger charge is -2.29. The van der Waals surface area contributed by atoms with E-state index in [9.17, 15) is 5.11 Å². The highest BCUT2D eigenvalue weighted by Gasteiger charge is 2.16. The van der Waals surface area contributed by atoms with Crippen LogP contribution >= 0.6 is 24.0 Å². The number of rotatable bonds is 10. The molecule has 3 N–H and O–H groups in total. The van der Waals surface area contributed by atoms with Gasteiger partial charge in [0.15, 0.2) is 11.7 Å². The summed E-state index contributed by atoms with van der Waals surface area (Å²) in [6.07, 6.45) is 4.90. The molecule has 0 atom stereocenters. The number of aromatic nitrogens is 1. The first-order valence-corrected chi connectivity index (χ1v) is 10.5. The first-order chi connectivity index (χ1) is 13.2. The summed E-state index contributed by atoms with van der Waals surface area (Å²) in [7, 11) is 0. The molecule has 0 aromatic carbocycles. The second kappa shape index (κ2) is 14.2. The summed E-state index contributed by atoms with van der Waals surface area (Å²) in [6, 6.07) is 2.04. The molecule has 7 nitrogen and oxygen atoms in total. The summed E-state index contributed by atoms with van der Waals surface area (Å²) in [5, 5.41) is 20.4. The van der Waals surface area contributed by atoms with Gasteiger partial charge in [-0.2, -0.15) is 0 Å². The lowest BCUT2D eigenvalue weighted by Crippen LogP contribution is -2.40. The number of aliphatic hydroxyl groups is 1. The number of likely N-dealkylation sites (tertiary alicyclic amines) is 1. The van der Waals surface area contributed by atoms with Gasteiger partial charge in [-0.1, -0.05) is 19.0 Å². The number of nitrogens with zero attached hydrogens (tertiary/aromatic N) is 3. The Balaban J connectivity index is 0.00000392. The van der Waals surface area contributed by atoms with Crippen LogP contribution in [0.5, 0.6) is 0 Å². The standard InChI is InChI=1S/C20H37N5O2.HI/c1-4-16(5-2)19-14-18(27-24-19)15-23-20(21-6-3)22-10-7-11-25-12-8-17(26)9-13-25;/h14,16-17,26H,4-13,15H2,1-3H3,(H2,21,22,23);1H. The Hall–Kier alpha value is -0.870. The van der Waals surface area contributed by atoms with Crippen molar-refractivity contribution in [3.05, 3.63) is 17.5 Å². The van der Waals surface area contributed by atoms with Gasteiger partial charge < -0.3 is 25.2 Å². The van der Waals surface area contributed by atoms with Crippen LogP contribution in [-0.2, 0) is 6.54 Å². The van der Waals surface area contributed by atoms with Crippen molar-refractivity contribution in [2.75, 3.05) is 32.7 Å². The molecule has 1 aliphatic rings. The highest BCUT2D eigenvalue weighted by Crippen LogP contribution is 2.22. The minimum atomic E-state index is -0.103. The highest BCUT2D eigenvalue weighted by molar-refractivity contribution is 14.0. The van der Waals surface area contributed by atoms with Crippen LogP contribution in [0.4, 0.5) is 0 Å². The lowest BCUT2D eigenvalue weighted by atomic mass is 9.99. The molecule has 2 heterocycles. The maximum Gasteiger partial charge on any atom is 0.191 e. The quantitative estimate of drug-likeness (QED) is 0.195. The topological polar surface area (TPSA) is 85.9 Å². The third kappa shape index (κ3) is 8.65. The van der Waals surface area contributed by atoms with Crippen LogP contribution in [-0.4, -0.2) is 60.0 Å². The molecule has 0 amide bonds. The zero-order valence-corrected chi connectivity index (χ0v) is 19.9. The normalized spacial score (nSPS) is 16.2. The van der Waals surface area contributed by atoms with E-state index in [2.05, 4.69) is 46.5 Å². The summed E-state index contributed by atoms with van der Waals surface area (Å²) in [5.41, 5.74) is 1.04. The van der Waals surface area contributed by atoms with Gasteiger partial charge in [-0.05, 0) is 45.6 Å². The summed E-state index contributed by atoms with van der Waals surface area (Å²) in [4.78, 5) is 7.04. The maximum atomic E-state index is 9.57. The fourth-order valence-corrected chi connectivity index (χ4v) is 3.45. The molecule has 28 heavy (non-hydrogen) atoms. The van der Waals surface area contributed by atoms with Gasteiger partial charge in [0, 0.05) is 38.2 Å². The zero-order chi connectivity index (χ0) is 19.5. The van der Waals surface area contributed by atoms with Gasteiger partial charge in [-0.15, -0.1) is 24.0 Å². The monoisotopic (exact) mass is 507 g/mol. The minimum Gasteiger partial charge on any atom is -0.393 e. The van der Waals surface area contributed by atoms with Crippen molar-refractivity contribution in [1.29, 1.82) is 0 Å². The van der Waals surface area contributed by atoms with Gasteiger partial charge in [0.25, 0.3) is 0 Å². The first kappa shape index (κ1) is 25.2. The first-order valence-electron chi connectivity index (χ1n) is 10.5. The third-order valence-electron chi connectivity index (χ3n) is 5.22. The molecule has 1 aliphatic heterocycles. The van der Waals surface area contributed by atoms with Crippen LogP contribution in [0, 0.1) is 0 Å². The molecule has 1 saturated heterocycles. The van der Waals surface area contributed by atoms with Gasteiger partial charge in [-0.25, -0.2) is 4.99 Å². The average Bonchev–Trinajstić information content (AvgIpc) is 3.14. The van der Waals surface area contributed by atoms with Crippen LogP contribution in [0.25, 0.3) is 0 Å². The SMILES string of the molecule is CCNC(=NCc1cc(C(CC)CC)no1)NCCCN1CCC(O)CC1.I. The van der Waals surface area contributed by atoms with Gasteiger partial charge in [-0.3, -0.25) is 0 Å². The lowest BCUT2D eigenvalue weighted by molar-refractivity contribution is 0.0823. The number of hydrogen-bond acceptors (Lipinski definition) is 5. The zero-order valence-electron chi connectivity index (χ0n) is 17.6. The fourth-order valence-electron chi connectivity index (χ4n) is 3.45. The molecule has 0 aliphatic carbocycles. The van der Waals surface area contributed by atoms with E-state index in [1.807, 2.05) is 6.07 Å². The molecule has 0 bridgehead atoms. The Morgan fingerprint density at radius 2 is 2.00 bits per heavy atom. The second-order valence-electron chi connectivity index (χ2n) is 7.28. The number of hydrogen-bond donors (Lipinski definition) is 3. The number of guanidine groups is 1. The van der Waals surface area contributed by atoms with Crippen molar-refractivity contribution in [3.63, 3.8) is 0 Å². The van der Waals surface area contributed by atoms with Crippen molar-refractivity contribution < 1.29 is 9.63 Å². The van der Waals surface area contributed by atoms with Crippen LogP contribution in [0.15, 0.2) is 15.6 Å². The van der Waals surface area contributed by atoms with Crippen molar-refractivity contribution in [3.8, 4) is 0 Å². The van der Waals surface area contributed by atoms with E-state index in [0.717, 1.165) is 82.2 Å². The number of piperidine rings is 1. The number of aliphatic hydroxyl groups excluding tert-OH is 1.